The maximum atomic E-state index is 13.9. The fourth-order valence-corrected chi connectivity index (χ4v) is 2.15. The molecule has 0 saturated heterocycles. The zero-order valence-corrected chi connectivity index (χ0v) is 11.1. The van der Waals surface area contributed by atoms with E-state index in [-0.39, 0.29) is 5.56 Å². The highest BCUT2D eigenvalue weighted by atomic mass is 19.2. The largest absolute Gasteiger partial charge is 0.318 e. The first-order valence-corrected chi connectivity index (χ1v) is 6.29. The van der Waals surface area contributed by atoms with Gasteiger partial charge >= 0.3 is 0 Å². The maximum absolute atomic E-state index is 13.9. The molecule has 0 saturated carbocycles. The summed E-state index contributed by atoms with van der Waals surface area (Å²) in [5.41, 5.74) is 7.26. The van der Waals surface area contributed by atoms with Gasteiger partial charge < -0.3 is 5.73 Å². The van der Waals surface area contributed by atoms with Gasteiger partial charge in [0.25, 0.3) is 0 Å². The Kier molecular flexibility index (Phi) is 3.67. The summed E-state index contributed by atoms with van der Waals surface area (Å²) in [5, 5.41) is 0. The lowest BCUT2D eigenvalue weighted by Gasteiger charge is -2.26. The third-order valence-electron chi connectivity index (χ3n) is 3.47. The average molecular weight is 261 g/mol. The van der Waals surface area contributed by atoms with Crippen molar-refractivity contribution in [1.29, 1.82) is 0 Å². The standard InChI is InChI=1S/C16H17F2N/c1-3-11-7-9-12(10-8-11)16(2,19)13-5-4-6-14(17)15(13)18/h4-10H,3,19H2,1-2H3. The first kappa shape index (κ1) is 13.7. The Labute approximate surface area is 112 Å². The zero-order chi connectivity index (χ0) is 14.0. The quantitative estimate of drug-likeness (QED) is 0.894. The van der Waals surface area contributed by atoms with Crippen molar-refractivity contribution >= 4 is 0 Å². The molecule has 0 fully saturated rings. The summed E-state index contributed by atoms with van der Waals surface area (Å²) in [6, 6.07) is 11.7. The number of hydrogen-bond acceptors (Lipinski definition) is 1. The summed E-state index contributed by atoms with van der Waals surface area (Å²) < 4.78 is 27.2. The Bertz CT molecular complexity index is 574. The summed E-state index contributed by atoms with van der Waals surface area (Å²) >= 11 is 0. The lowest BCUT2D eigenvalue weighted by molar-refractivity contribution is 0.468. The first-order chi connectivity index (χ1) is 8.96. The molecule has 1 nitrogen and oxygen atoms in total. The minimum Gasteiger partial charge on any atom is -0.318 e. The molecule has 100 valence electrons. The number of benzene rings is 2. The summed E-state index contributed by atoms with van der Waals surface area (Å²) in [7, 11) is 0. The average Bonchev–Trinajstić information content (AvgIpc) is 2.41. The van der Waals surface area contributed by atoms with E-state index in [1.807, 2.05) is 24.3 Å². The smallest absolute Gasteiger partial charge is 0.164 e. The van der Waals surface area contributed by atoms with Crippen LogP contribution < -0.4 is 5.73 Å². The van der Waals surface area contributed by atoms with Gasteiger partial charge in [0.2, 0.25) is 0 Å². The van der Waals surface area contributed by atoms with E-state index >= 15 is 0 Å². The second-order valence-corrected chi connectivity index (χ2v) is 4.85. The molecule has 1 unspecified atom stereocenters. The highest BCUT2D eigenvalue weighted by Gasteiger charge is 2.28. The Morgan fingerprint density at radius 1 is 1.05 bits per heavy atom. The molecule has 0 radical (unpaired) electrons. The van der Waals surface area contributed by atoms with Crippen LogP contribution in [-0.4, -0.2) is 0 Å². The van der Waals surface area contributed by atoms with E-state index in [1.54, 1.807) is 6.92 Å². The minimum absolute atomic E-state index is 0.164. The molecule has 0 aliphatic rings. The van der Waals surface area contributed by atoms with E-state index in [4.69, 9.17) is 5.73 Å². The van der Waals surface area contributed by atoms with Crippen molar-refractivity contribution in [3.63, 3.8) is 0 Å². The van der Waals surface area contributed by atoms with Gasteiger partial charge in [-0.1, -0.05) is 43.3 Å². The fraction of sp³-hybridized carbons (Fsp3) is 0.250. The zero-order valence-electron chi connectivity index (χ0n) is 11.1. The monoisotopic (exact) mass is 261 g/mol. The van der Waals surface area contributed by atoms with E-state index in [0.717, 1.165) is 18.1 Å². The summed E-state index contributed by atoms with van der Waals surface area (Å²) in [5.74, 6) is -1.76. The molecule has 1 atom stereocenters. The lowest BCUT2D eigenvalue weighted by Crippen LogP contribution is -2.35. The maximum Gasteiger partial charge on any atom is 0.164 e. The van der Waals surface area contributed by atoms with Crippen LogP contribution in [0, 0.1) is 11.6 Å². The molecule has 2 aromatic rings. The van der Waals surface area contributed by atoms with Crippen molar-refractivity contribution in [3.05, 3.63) is 70.8 Å². The minimum atomic E-state index is -1.06. The lowest BCUT2D eigenvalue weighted by atomic mass is 9.85. The Morgan fingerprint density at radius 2 is 1.68 bits per heavy atom. The normalized spacial score (nSPS) is 14.2. The van der Waals surface area contributed by atoms with Crippen molar-refractivity contribution in [2.45, 2.75) is 25.8 Å². The summed E-state index contributed by atoms with van der Waals surface area (Å²) in [4.78, 5) is 0. The van der Waals surface area contributed by atoms with Crippen LogP contribution in [0.5, 0.6) is 0 Å². The van der Waals surface area contributed by atoms with E-state index in [2.05, 4.69) is 6.92 Å². The Balaban J connectivity index is 2.48. The van der Waals surface area contributed by atoms with Gasteiger partial charge in [0.1, 0.15) is 0 Å². The fourth-order valence-electron chi connectivity index (χ4n) is 2.15. The molecule has 0 heterocycles. The van der Waals surface area contributed by atoms with Gasteiger partial charge in [-0.15, -0.1) is 0 Å². The van der Waals surface area contributed by atoms with Crippen LogP contribution >= 0.6 is 0 Å². The van der Waals surface area contributed by atoms with Gasteiger partial charge in [0.15, 0.2) is 11.6 Å². The third kappa shape index (κ3) is 2.51. The van der Waals surface area contributed by atoms with Crippen LogP contribution in [0.2, 0.25) is 0 Å². The molecule has 2 aromatic carbocycles. The molecule has 19 heavy (non-hydrogen) atoms. The van der Waals surface area contributed by atoms with Crippen LogP contribution in [-0.2, 0) is 12.0 Å². The van der Waals surface area contributed by atoms with E-state index in [1.165, 1.54) is 17.7 Å². The highest BCUT2D eigenvalue weighted by molar-refractivity contribution is 5.39. The van der Waals surface area contributed by atoms with E-state index in [9.17, 15) is 8.78 Å². The number of hydrogen-bond donors (Lipinski definition) is 1. The van der Waals surface area contributed by atoms with Crippen molar-refractivity contribution in [2.24, 2.45) is 5.73 Å². The predicted molar refractivity (Wildman–Crippen MR) is 72.8 cm³/mol. The van der Waals surface area contributed by atoms with Crippen molar-refractivity contribution in [1.82, 2.24) is 0 Å². The van der Waals surface area contributed by atoms with Gasteiger partial charge in [0, 0.05) is 5.56 Å². The molecule has 0 aromatic heterocycles. The molecule has 3 heteroatoms. The van der Waals surface area contributed by atoms with Gasteiger partial charge in [-0.2, -0.15) is 0 Å². The molecule has 0 aliphatic carbocycles. The molecule has 0 spiro atoms. The third-order valence-corrected chi connectivity index (χ3v) is 3.47. The number of aryl methyl sites for hydroxylation is 1. The second-order valence-electron chi connectivity index (χ2n) is 4.85. The predicted octanol–water partition coefficient (Wildman–Crippen LogP) is 3.75. The molecule has 0 bridgehead atoms. The second kappa shape index (κ2) is 5.10. The van der Waals surface area contributed by atoms with Crippen molar-refractivity contribution < 1.29 is 8.78 Å². The van der Waals surface area contributed by atoms with Crippen LogP contribution in [0.4, 0.5) is 8.78 Å². The summed E-state index contributed by atoms with van der Waals surface area (Å²) in [6.07, 6.45) is 0.926. The van der Waals surface area contributed by atoms with Crippen LogP contribution in [0.15, 0.2) is 42.5 Å². The van der Waals surface area contributed by atoms with Crippen LogP contribution in [0.25, 0.3) is 0 Å². The van der Waals surface area contributed by atoms with Gasteiger partial charge in [-0.3, -0.25) is 0 Å². The molecule has 0 amide bonds. The summed E-state index contributed by atoms with van der Waals surface area (Å²) in [6.45, 7) is 3.74. The molecular formula is C16H17F2N. The van der Waals surface area contributed by atoms with Crippen LogP contribution in [0.1, 0.15) is 30.5 Å². The SMILES string of the molecule is CCc1ccc(C(C)(N)c2cccc(F)c2F)cc1. The Hall–Kier alpha value is -1.74. The van der Waals surface area contributed by atoms with Crippen LogP contribution in [0.3, 0.4) is 0 Å². The highest BCUT2D eigenvalue weighted by Crippen LogP contribution is 2.29. The molecular weight excluding hydrogens is 244 g/mol. The number of nitrogens with two attached hydrogens (primary N) is 1. The topological polar surface area (TPSA) is 26.0 Å². The molecule has 2 rings (SSSR count). The van der Waals surface area contributed by atoms with E-state index in [0.29, 0.717) is 0 Å². The number of rotatable bonds is 3. The van der Waals surface area contributed by atoms with Gasteiger partial charge in [-0.05, 0) is 30.5 Å². The van der Waals surface area contributed by atoms with Gasteiger partial charge in [-0.25, -0.2) is 8.78 Å². The first-order valence-electron chi connectivity index (χ1n) is 6.29. The molecule has 2 N–H and O–H groups in total. The van der Waals surface area contributed by atoms with E-state index < -0.39 is 17.2 Å². The van der Waals surface area contributed by atoms with Gasteiger partial charge in [0.05, 0.1) is 5.54 Å². The van der Waals surface area contributed by atoms with Crippen molar-refractivity contribution in [3.8, 4) is 0 Å². The Morgan fingerprint density at radius 3 is 2.26 bits per heavy atom. The number of halogens is 2. The molecule has 0 aliphatic heterocycles. The van der Waals surface area contributed by atoms with Crippen molar-refractivity contribution in [2.75, 3.05) is 0 Å².